The number of carbonyl (C=O) groups is 1. The fourth-order valence-electron chi connectivity index (χ4n) is 1.69. The van der Waals surface area contributed by atoms with Gasteiger partial charge in [-0.25, -0.2) is 4.98 Å². The number of nitrogen functional groups attached to an aromatic ring is 1. The quantitative estimate of drug-likeness (QED) is 0.777. The normalized spacial score (nSPS) is 9.75. The minimum absolute atomic E-state index is 0.226. The number of nitrogens with zero attached hydrogens (tertiary/aromatic N) is 2. The maximum Gasteiger partial charge on any atom is 0.250 e. The molecule has 0 spiro atoms. The topological polar surface area (TPSA) is 118 Å². The van der Waals surface area contributed by atoms with Gasteiger partial charge in [-0.2, -0.15) is 5.26 Å². The molecule has 2 aromatic rings. The molecule has 1 aromatic carbocycles. The Hall–Kier alpha value is -3.07. The van der Waals surface area contributed by atoms with Crippen molar-refractivity contribution in [1.29, 1.82) is 5.26 Å². The molecule has 0 atom stereocenters. The van der Waals surface area contributed by atoms with Crippen LogP contribution in [0, 0.1) is 11.3 Å². The second kappa shape index (κ2) is 5.71. The number of primary amides is 1. The number of amides is 1. The molecule has 1 heterocycles. The fourth-order valence-corrected chi connectivity index (χ4v) is 1.69. The molecule has 100 valence electrons. The van der Waals surface area contributed by atoms with Crippen LogP contribution in [0.15, 0.2) is 36.5 Å². The van der Waals surface area contributed by atoms with Gasteiger partial charge in [-0.3, -0.25) is 4.79 Å². The molecular formula is C14H13N5O. The third kappa shape index (κ3) is 3.03. The first-order chi connectivity index (χ1) is 9.60. The van der Waals surface area contributed by atoms with E-state index in [-0.39, 0.29) is 11.3 Å². The molecule has 0 radical (unpaired) electrons. The number of pyridine rings is 1. The SMILES string of the molecule is N#CCc1ccc(Nc2cc(C(N)=O)c(N)cn2)cc1. The van der Waals surface area contributed by atoms with Crippen LogP contribution < -0.4 is 16.8 Å². The molecule has 20 heavy (non-hydrogen) atoms. The lowest BCUT2D eigenvalue weighted by Gasteiger charge is -2.08. The number of nitrogens with one attached hydrogen (secondary N) is 1. The Morgan fingerprint density at radius 3 is 2.65 bits per heavy atom. The molecule has 6 nitrogen and oxygen atoms in total. The van der Waals surface area contributed by atoms with E-state index in [1.54, 1.807) is 0 Å². The number of hydrogen-bond acceptors (Lipinski definition) is 5. The van der Waals surface area contributed by atoms with Crippen LogP contribution in [0.3, 0.4) is 0 Å². The third-order valence-electron chi connectivity index (χ3n) is 2.71. The van der Waals surface area contributed by atoms with Gasteiger partial charge in [-0.05, 0) is 23.8 Å². The summed E-state index contributed by atoms with van der Waals surface area (Å²) in [6, 6.07) is 10.9. The Balaban J connectivity index is 2.20. The second-order valence-corrected chi connectivity index (χ2v) is 4.18. The summed E-state index contributed by atoms with van der Waals surface area (Å²) in [6.45, 7) is 0. The van der Waals surface area contributed by atoms with Crippen LogP contribution in [0.2, 0.25) is 0 Å². The molecule has 0 bridgehead atoms. The number of anilines is 3. The Kier molecular flexibility index (Phi) is 3.82. The molecular weight excluding hydrogens is 254 g/mol. The zero-order valence-electron chi connectivity index (χ0n) is 10.6. The Morgan fingerprint density at radius 2 is 2.05 bits per heavy atom. The highest BCUT2D eigenvalue weighted by atomic mass is 16.1. The first kappa shape index (κ1) is 13.4. The molecule has 1 aromatic heterocycles. The minimum atomic E-state index is -0.600. The number of carbonyl (C=O) groups excluding carboxylic acids is 1. The molecule has 0 aliphatic carbocycles. The summed E-state index contributed by atoms with van der Waals surface area (Å²) in [4.78, 5) is 15.3. The fraction of sp³-hybridized carbons (Fsp3) is 0.0714. The van der Waals surface area contributed by atoms with Gasteiger partial charge in [0.25, 0.3) is 5.91 Å². The lowest BCUT2D eigenvalue weighted by Crippen LogP contribution is -2.14. The van der Waals surface area contributed by atoms with Gasteiger partial charge in [0.1, 0.15) is 5.82 Å². The van der Waals surface area contributed by atoms with Crippen molar-refractivity contribution in [1.82, 2.24) is 4.98 Å². The van der Waals surface area contributed by atoms with Crippen molar-refractivity contribution in [2.45, 2.75) is 6.42 Å². The molecule has 0 aliphatic rings. The van der Waals surface area contributed by atoms with Gasteiger partial charge in [-0.1, -0.05) is 12.1 Å². The highest BCUT2D eigenvalue weighted by Crippen LogP contribution is 2.19. The Morgan fingerprint density at radius 1 is 1.35 bits per heavy atom. The van der Waals surface area contributed by atoms with E-state index in [0.29, 0.717) is 12.2 Å². The van der Waals surface area contributed by atoms with E-state index in [9.17, 15) is 4.79 Å². The van der Waals surface area contributed by atoms with Crippen LogP contribution in [-0.4, -0.2) is 10.9 Å². The molecule has 0 fully saturated rings. The zero-order valence-corrected chi connectivity index (χ0v) is 10.6. The number of hydrogen-bond donors (Lipinski definition) is 3. The van der Waals surface area contributed by atoms with E-state index in [0.717, 1.165) is 11.3 Å². The van der Waals surface area contributed by atoms with E-state index >= 15 is 0 Å². The average molecular weight is 267 g/mol. The van der Waals surface area contributed by atoms with Gasteiger partial charge in [0.15, 0.2) is 0 Å². The Labute approximate surface area is 116 Å². The van der Waals surface area contributed by atoms with Crippen molar-refractivity contribution in [2.75, 3.05) is 11.1 Å². The average Bonchev–Trinajstić information content (AvgIpc) is 2.43. The van der Waals surface area contributed by atoms with Gasteiger partial charge in [0, 0.05) is 5.69 Å². The van der Waals surface area contributed by atoms with Gasteiger partial charge in [0.05, 0.1) is 29.9 Å². The zero-order chi connectivity index (χ0) is 14.5. The molecule has 0 unspecified atom stereocenters. The van der Waals surface area contributed by atoms with Crippen molar-refractivity contribution in [3.8, 4) is 6.07 Å². The summed E-state index contributed by atoms with van der Waals surface area (Å²) in [7, 11) is 0. The molecule has 1 amide bonds. The van der Waals surface area contributed by atoms with E-state index in [4.69, 9.17) is 16.7 Å². The van der Waals surface area contributed by atoms with Gasteiger partial charge in [0.2, 0.25) is 0 Å². The second-order valence-electron chi connectivity index (χ2n) is 4.18. The van der Waals surface area contributed by atoms with E-state index in [1.807, 2.05) is 24.3 Å². The molecule has 0 aliphatic heterocycles. The van der Waals surface area contributed by atoms with Crippen LogP contribution in [0.25, 0.3) is 0 Å². The number of nitriles is 1. The molecule has 0 saturated heterocycles. The maximum absolute atomic E-state index is 11.2. The van der Waals surface area contributed by atoms with Crippen molar-refractivity contribution < 1.29 is 4.79 Å². The Bertz CT molecular complexity index is 673. The standard InChI is InChI=1S/C14H13N5O/c15-6-5-9-1-3-10(4-2-9)19-13-7-11(14(17)20)12(16)8-18-13/h1-4,7-8H,5,16H2,(H2,17,20)(H,18,19). The minimum Gasteiger partial charge on any atom is -0.397 e. The third-order valence-corrected chi connectivity index (χ3v) is 2.71. The molecule has 0 saturated carbocycles. The van der Waals surface area contributed by atoms with Crippen LogP contribution >= 0.6 is 0 Å². The highest BCUT2D eigenvalue weighted by Gasteiger charge is 2.08. The van der Waals surface area contributed by atoms with Gasteiger partial charge >= 0.3 is 0 Å². The maximum atomic E-state index is 11.2. The largest absolute Gasteiger partial charge is 0.397 e. The predicted molar refractivity (Wildman–Crippen MR) is 76.2 cm³/mol. The smallest absolute Gasteiger partial charge is 0.250 e. The molecule has 6 heteroatoms. The first-order valence-electron chi connectivity index (χ1n) is 5.88. The van der Waals surface area contributed by atoms with Crippen LogP contribution in [-0.2, 0) is 6.42 Å². The summed E-state index contributed by atoms with van der Waals surface area (Å²) in [6.07, 6.45) is 1.75. The lowest BCUT2D eigenvalue weighted by atomic mass is 10.1. The number of benzene rings is 1. The molecule has 2 rings (SSSR count). The highest BCUT2D eigenvalue weighted by molar-refractivity contribution is 5.98. The van der Waals surface area contributed by atoms with Crippen LogP contribution in [0.4, 0.5) is 17.2 Å². The van der Waals surface area contributed by atoms with E-state index in [2.05, 4.69) is 16.4 Å². The van der Waals surface area contributed by atoms with E-state index in [1.165, 1.54) is 12.3 Å². The van der Waals surface area contributed by atoms with Crippen molar-refractivity contribution in [3.63, 3.8) is 0 Å². The summed E-state index contributed by atoms with van der Waals surface area (Å²) in [5.74, 6) is -0.127. The van der Waals surface area contributed by atoms with Gasteiger partial charge < -0.3 is 16.8 Å². The van der Waals surface area contributed by atoms with Crippen molar-refractivity contribution in [2.24, 2.45) is 5.73 Å². The monoisotopic (exact) mass is 267 g/mol. The summed E-state index contributed by atoms with van der Waals surface area (Å²) < 4.78 is 0. The van der Waals surface area contributed by atoms with Gasteiger partial charge in [-0.15, -0.1) is 0 Å². The lowest BCUT2D eigenvalue weighted by molar-refractivity contribution is 0.100. The summed E-state index contributed by atoms with van der Waals surface area (Å²) >= 11 is 0. The summed E-state index contributed by atoms with van der Waals surface area (Å²) in [5.41, 5.74) is 13.0. The summed E-state index contributed by atoms with van der Waals surface area (Å²) in [5, 5.41) is 11.6. The first-order valence-corrected chi connectivity index (χ1v) is 5.88. The number of nitrogens with two attached hydrogens (primary N) is 2. The van der Waals surface area contributed by atoms with Crippen molar-refractivity contribution in [3.05, 3.63) is 47.7 Å². The predicted octanol–water partition coefficient (Wildman–Crippen LogP) is 1.57. The van der Waals surface area contributed by atoms with Crippen LogP contribution in [0.5, 0.6) is 0 Å². The molecule has 5 N–H and O–H groups in total. The van der Waals surface area contributed by atoms with Crippen LogP contribution in [0.1, 0.15) is 15.9 Å². The number of aromatic nitrogens is 1. The number of rotatable bonds is 4. The van der Waals surface area contributed by atoms with E-state index < -0.39 is 5.91 Å². The van der Waals surface area contributed by atoms with Crippen molar-refractivity contribution >= 4 is 23.1 Å².